The highest BCUT2D eigenvalue weighted by Crippen LogP contribution is 2.60. The summed E-state index contributed by atoms with van der Waals surface area (Å²) in [5.74, 6) is 0.804. The molecule has 0 saturated heterocycles. The van der Waals surface area contributed by atoms with Crippen LogP contribution in [-0.4, -0.2) is 52.6 Å². The fraction of sp³-hybridized carbons (Fsp3) is 0.800. The van der Waals surface area contributed by atoms with Crippen LogP contribution in [0.25, 0.3) is 0 Å². The summed E-state index contributed by atoms with van der Waals surface area (Å²) in [5.41, 5.74) is 4.65. The molecule has 0 radical (unpaired) electrons. The highest BCUT2D eigenvalue weighted by Gasteiger charge is 2.51. The maximum absolute atomic E-state index is 12.6. The number of allylic oxidation sites excluding steroid dienone is 3. The van der Waals surface area contributed by atoms with Crippen molar-refractivity contribution in [1.82, 2.24) is 0 Å². The lowest BCUT2D eigenvalue weighted by molar-refractivity contribution is -0.139. The zero-order valence-corrected chi connectivity index (χ0v) is 38.2. The van der Waals surface area contributed by atoms with Gasteiger partial charge in [-0.1, -0.05) is 106 Å². The highest BCUT2D eigenvalue weighted by atomic mass is 28.4. The van der Waals surface area contributed by atoms with Gasteiger partial charge in [-0.2, -0.15) is 0 Å². The maximum Gasteiger partial charge on any atom is 0.333 e. The van der Waals surface area contributed by atoms with Crippen molar-refractivity contribution in [2.75, 3.05) is 6.61 Å². The second kappa shape index (κ2) is 17.7. The lowest BCUT2D eigenvalue weighted by atomic mass is 9.60. The smallest absolute Gasteiger partial charge is 0.333 e. The van der Waals surface area contributed by atoms with Gasteiger partial charge in [-0.05, 0) is 129 Å². The second-order valence-electron chi connectivity index (χ2n) is 20.1. The van der Waals surface area contributed by atoms with Gasteiger partial charge in [-0.3, -0.25) is 0 Å². The summed E-state index contributed by atoms with van der Waals surface area (Å²) in [6, 6.07) is 0. The molecule has 3 saturated carbocycles. The van der Waals surface area contributed by atoms with Gasteiger partial charge in [0.05, 0.1) is 24.9 Å². The van der Waals surface area contributed by atoms with Crippen molar-refractivity contribution in [3.63, 3.8) is 0 Å². The Kier molecular flexibility index (Phi) is 15.4. The molecular formula is C45H80O5Si2. The van der Waals surface area contributed by atoms with Crippen LogP contribution in [0.4, 0.5) is 0 Å². The minimum absolute atomic E-state index is 0.0186. The van der Waals surface area contributed by atoms with Gasteiger partial charge >= 0.3 is 5.97 Å². The average Bonchev–Trinajstić information content (AvgIpc) is 3.38. The number of hydrogen-bond acceptors (Lipinski definition) is 5. The number of fused-ring (bicyclic) bond motifs is 1. The van der Waals surface area contributed by atoms with E-state index >= 15 is 0 Å². The summed E-state index contributed by atoms with van der Waals surface area (Å²) in [5, 5.41) is 11.9. The number of carbonyl (C=O) groups is 1. The Balaban J connectivity index is 1.87. The van der Waals surface area contributed by atoms with Gasteiger partial charge in [0.1, 0.15) is 0 Å². The molecule has 2 unspecified atom stereocenters. The van der Waals surface area contributed by atoms with E-state index < -0.39 is 22.7 Å². The summed E-state index contributed by atoms with van der Waals surface area (Å²) in [6.45, 7) is 41.3. The summed E-state index contributed by atoms with van der Waals surface area (Å²) >= 11 is 0. The van der Waals surface area contributed by atoms with E-state index in [0.29, 0.717) is 36.4 Å². The predicted octanol–water partition coefficient (Wildman–Crippen LogP) is 12.5. The van der Waals surface area contributed by atoms with Gasteiger partial charge in [-0.15, -0.1) is 0 Å². The number of carbonyl (C=O) groups excluding carboxylic acids is 1. The lowest BCUT2D eigenvalue weighted by Gasteiger charge is -2.46. The van der Waals surface area contributed by atoms with Crippen LogP contribution in [0.1, 0.15) is 140 Å². The standard InChI is InChI=1S/C45H80O5Si2/c1-17-19-22-37(33(5)42(47)48-18-2)40(46)28-31(3)38-25-26-39-34(21-20-27-45(38,39)12)23-24-35-29-36(49-51(13,14)43(6,7)8)30-41(32(35)4)50-52(15,16)44(9,10)11/h23-24,31,36-41,46H,4-5,17-22,25-30H2,1-3,6-16H3/t31-,36-,37?,38-,39+,40?,41+,45-/m1/s1. The molecule has 298 valence electrons. The molecule has 3 aliphatic rings. The molecule has 0 amide bonds. The summed E-state index contributed by atoms with van der Waals surface area (Å²) in [7, 11) is -4.00. The van der Waals surface area contributed by atoms with E-state index in [4.69, 9.17) is 20.2 Å². The van der Waals surface area contributed by atoms with Gasteiger partial charge in [0.15, 0.2) is 16.6 Å². The van der Waals surface area contributed by atoms with Crippen molar-refractivity contribution >= 4 is 22.6 Å². The number of esters is 1. The van der Waals surface area contributed by atoms with E-state index in [1.807, 2.05) is 6.92 Å². The second-order valence-corrected chi connectivity index (χ2v) is 29.6. The van der Waals surface area contributed by atoms with Crippen molar-refractivity contribution in [1.29, 1.82) is 0 Å². The highest BCUT2D eigenvalue weighted by molar-refractivity contribution is 6.74. The van der Waals surface area contributed by atoms with Crippen LogP contribution >= 0.6 is 0 Å². The van der Waals surface area contributed by atoms with Crippen LogP contribution in [0.2, 0.25) is 36.3 Å². The van der Waals surface area contributed by atoms with Crippen molar-refractivity contribution < 1.29 is 23.5 Å². The molecule has 0 aromatic rings. The molecule has 0 heterocycles. The third kappa shape index (κ3) is 10.5. The van der Waals surface area contributed by atoms with Gasteiger partial charge in [0, 0.05) is 17.9 Å². The van der Waals surface area contributed by atoms with E-state index in [1.165, 1.54) is 31.3 Å². The summed E-state index contributed by atoms with van der Waals surface area (Å²) < 4.78 is 19.5. The van der Waals surface area contributed by atoms with Crippen LogP contribution in [0.15, 0.2) is 47.6 Å². The molecule has 0 bridgehead atoms. The summed E-state index contributed by atoms with van der Waals surface area (Å²) in [4.78, 5) is 12.6. The monoisotopic (exact) mass is 757 g/mol. The van der Waals surface area contributed by atoms with Crippen LogP contribution in [0.3, 0.4) is 0 Å². The zero-order chi connectivity index (χ0) is 39.4. The van der Waals surface area contributed by atoms with Crippen LogP contribution < -0.4 is 0 Å². The van der Waals surface area contributed by atoms with Crippen molar-refractivity contribution in [3.05, 3.63) is 47.6 Å². The molecule has 8 atom stereocenters. The third-order valence-electron chi connectivity index (χ3n) is 14.4. The first-order valence-electron chi connectivity index (χ1n) is 20.9. The van der Waals surface area contributed by atoms with Gasteiger partial charge < -0.3 is 18.7 Å². The normalized spacial score (nSPS) is 29.6. The Morgan fingerprint density at radius 2 is 1.63 bits per heavy atom. The molecule has 3 fully saturated rings. The number of aliphatic hydroxyl groups excluding tert-OH is 1. The topological polar surface area (TPSA) is 65.0 Å². The van der Waals surface area contributed by atoms with Gasteiger partial charge in [0.25, 0.3) is 0 Å². The van der Waals surface area contributed by atoms with Crippen molar-refractivity contribution in [2.45, 2.75) is 194 Å². The number of hydrogen-bond donors (Lipinski definition) is 1. The molecule has 5 nitrogen and oxygen atoms in total. The Hall–Kier alpha value is -1.26. The molecule has 3 rings (SSSR count). The number of ether oxygens (including phenoxy) is 1. The lowest BCUT2D eigenvalue weighted by Crippen LogP contribution is -2.49. The first kappa shape index (κ1) is 45.1. The first-order chi connectivity index (χ1) is 23.9. The van der Waals surface area contributed by atoms with E-state index in [0.717, 1.165) is 44.1 Å². The van der Waals surface area contributed by atoms with E-state index in [2.05, 4.69) is 107 Å². The number of aliphatic hydroxyl groups is 1. The van der Waals surface area contributed by atoms with Gasteiger partial charge in [-0.25, -0.2) is 4.79 Å². The summed E-state index contributed by atoms with van der Waals surface area (Å²) in [6.07, 6.45) is 15.5. The van der Waals surface area contributed by atoms with Crippen LogP contribution in [-0.2, 0) is 18.4 Å². The average molecular weight is 757 g/mol. The number of rotatable bonds is 15. The molecule has 0 aromatic heterocycles. The quantitative estimate of drug-likeness (QED) is 0.102. The predicted molar refractivity (Wildman–Crippen MR) is 225 cm³/mol. The molecule has 7 heteroatoms. The van der Waals surface area contributed by atoms with Crippen LogP contribution in [0, 0.1) is 29.1 Å². The van der Waals surface area contributed by atoms with Crippen molar-refractivity contribution in [3.8, 4) is 0 Å². The van der Waals surface area contributed by atoms with Crippen LogP contribution in [0.5, 0.6) is 0 Å². The SMILES string of the molecule is C=C(C(=O)OCC)C(CCCC)C(O)C[C@@H](C)[C@H]1CC[C@H]2C(=CC=C3C[C@@H](O[Si](C)(C)C(C)(C)C)C[C@H](O[Si](C)(C)C(C)(C)C)C3=C)CCC[C@]12C. The Morgan fingerprint density at radius 3 is 2.21 bits per heavy atom. The molecule has 0 spiro atoms. The zero-order valence-electron chi connectivity index (χ0n) is 36.2. The minimum Gasteiger partial charge on any atom is -0.463 e. The minimum atomic E-state index is -2.03. The Morgan fingerprint density at radius 1 is 1.02 bits per heavy atom. The van der Waals surface area contributed by atoms with E-state index in [-0.39, 0.29) is 39.6 Å². The van der Waals surface area contributed by atoms with Gasteiger partial charge in [0.2, 0.25) is 0 Å². The van der Waals surface area contributed by atoms with Crippen molar-refractivity contribution in [2.24, 2.45) is 29.1 Å². The first-order valence-corrected chi connectivity index (χ1v) is 26.7. The Bertz CT molecular complexity index is 1310. The fourth-order valence-corrected chi connectivity index (χ4v) is 11.8. The molecular weight excluding hydrogens is 677 g/mol. The largest absolute Gasteiger partial charge is 0.463 e. The third-order valence-corrected chi connectivity index (χ3v) is 23.4. The molecule has 1 N–H and O–H groups in total. The number of unbranched alkanes of at least 4 members (excludes halogenated alkanes) is 1. The Labute approximate surface area is 322 Å². The van der Waals surface area contributed by atoms with E-state index in [9.17, 15) is 9.90 Å². The molecule has 0 aliphatic heterocycles. The molecule has 0 aromatic carbocycles. The van der Waals surface area contributed by atoms with E-state index in [1.54, 1.807) is 5.57 Å². The molecule has 52 heavy (non-hydrogen) atoms. The fourth-order valence-electron chi connectivity index (χ4n) is 9.09. The maximum atomic E-state index is 12.6. The molecule has 3 aliphatic carbocycles.